The lowest BCUT2D eigenvalue weighted by Gasteiger charge is -2.31. The minimum absolute atomic E-state index is 0.0711. The van der Waals surface area contributed by atoms with Gasteiger partial charge in [-0.2, -0.15) is 0 Å². The number of fused-ring (bicyclic) bond motifs is 4. The molecule has 0 bridgehead atoms. The van der Waals surface area contributed by atoms with Crippen LogP contribution in [0.25, 0.3) is 61.0 Å². The van der Waals surface area contributed by atoms with Gasteiger partial charge in [-0.05, 0) is 157 Å². The van der Waals surface area contributed by atoms with Crippen molar-refractivity contribution in [3.8, 4) is 50.7 Å². The minimum Gasteiger partial charge on any atom is -0.457 e. The summed E-state index contributed by atoms with van der Waals surface area (Å²) in [6, 6.07) is 50.9. The molecule has 0 spiro atoms. The number of aromatic nitrogens is 2. The molecule has 1 aliphatic heterocycles. The van der Waals surface area contributed by atoms with E-state index in [1.807, 2.05) is 81.6 Å². The first-order valence-electron chi connectivity index (χ1n) is 29.4. The summed E-state index contributed by atoms with van der Waals surface area (Å²) in [5.74, 6) is 2.06. The summed E-state index contributed by atoms with van der Waals surface area (Å²) < 4.78 is 62.2. The van der Waals surface area contributed by atoms with Crippen LogP contribution in [-0.2, 0) is 16.2 Å². The van der Waals surface area contributed by atoms with Gasteiger partial charge >= 0.3 is 0 Å². The summed E-state index contributed by atoms with van der Waals surface area (Å²) in [7, 11) is 0. The van der Waals surface area contributed by atoms with Crippen molar-refractivity contribution in [3.63, 3.8) is 0 Å². The number of halogens is 1. The lowest BCUT2D eigenvalue weighted by Crippen LogP contribution is -2.25. The van der Waals surface area contributed by atoms with Gasteiger partial charge in [0.15, 0.2) is 0 Å². The zero-order valence-electron chi connectivity index (χ0n) is 51.4. The lowest BCUT2D eigenvalue weighted by molar-refractivity contribution is 0.483. The Morgan fingerprint density at radius 1 is 0.500 bits per heavy atom. The van der Waals surface area contributed by atoms with E-state index in [1.54, 1.807) is 0 Å². The fraction of sp³-hybridized carbons (Fsp3) is 0.264. The third kappa shape index (κ3) is 9.98. The molecular weight excluding hydrogens is 956 g/mol. The Morgan fingerprint density at radius 2 is 1.10 bits per heavy atom. The van der Waals surface area contributed by atoms with E-state index in [0.717, 1.165) is 83.8 Å². The fourth-order valence-electron chi connectivity index (χ4n) is 10.7. The number of pyridine rings is 1. The number of rotatable bonds is 10. The van der Waals surface area contributed by atoms with E-state index in [0.29, 0.717) is 29.3 Å². The molecular formula is C72H73FN4O. The van der Waals surface area contributed by atoms with Crippen LogP contribution in [0.4, 0.5) is 27.1 Å². The highest BCUT2D eigenvalue weighted by Crippen LogP contribution is 2.53. The Balaban J connectivity index is 1.13. The molecule has 0 unspecified atom stereocenters. The number of anilines is 4. The van der Waals surface area contributed by atoms with Crippen molar-refractivity contribution in [1.29, 1.82) is 0 Å². The zero-order valence-corrected chi connectivity index (χ0v) is 47.4. The molecule has 0 saturated heterocycles. The molecule has 10 aromatic rings. The smallest absolute Gasteiger partial charge is 0.137 e. The second kappa shape index (κ2) is 19.8. The first-order valence-corrected chi connectivity index (χ1v) is 27.4. The molecule has 394 valence electrons. The maximum Gasteiger partial charge on any atom is 0.137 e. The summed E-state index contributed by atoms with van der Waals surface area (Å²) in [6.45, 7) is 28.4. The SMILES string of the molecule is [2H]c1c([2H])c(C(C)(C)C)c([2H])c([2H])c1-c1cc(Oc2ccc3c4ccccc4n(-c4cc(C(C)(C)C)ccn4)c3c2)cc(N2CN(c3c(-c4ccc(F)cc4)cc(C(C)(C)C)cc3-c3cc(C(C)C)cc(C(C)C)c3)c3ccccc32)c1. The van der Waals surface area contributed by atoms with Crippen molar-refractivity contribution >= 4 is 44.6 Å². The summed E-state index contributed by atoms with van der Waals surface area (Å²) in [5, 5.41) is 2.13. The number of hydrogen-bond donors (Lipinski definition) is 0. The molecule has 5 nitrogen and oxygen atoms in total. The summed E-state index contributed by atoms with van der Waals surface area (Å²) >= 11 is 0. The maximum absolute atomic E-state index is 15.0. The summed E-state index contributed by atoms with van der Waals surface area (Å²) in [6.07, 6.45) is 1.87. The average molecular weight is 1030 g/mol. The predicted molar refractivity (Wildman–Crippen MR) is 328 cm³/mol. The number of hydrogen-bond acceptors (Lipinski definition) is 4. The van der Waals surface area contributed by atoms with Gasteiger partial charge in [0.2, 0.25) is 0 Å². The molecule has 0 aliphatic carbocycles. The number of para-hydroxylation sites is 3. The number of benzene rings is 8. The molecule has 3 heterocycles. The molecule has 0 radical (unpaired) electrons. The number of ether oxygens (including phenoxy) is 1. The Bertz CT molecular complexity index is 4080. The average Bonchev–Trinajstić information content (AvgIpc) is 4.19. The molecule has 0 N–H and O–H groups in total. The second-order valence-electron chi connectivity index (χ2n) is 24.9. The Hall–Kier alpha value is -7.96. The van der Waals surface area contributed by atoms with Crippen LogP contribution in [0.15, 0.2) is 182 Å². The van der Waals surface area contributed by atoms with Crippen molar-refractivity contribution in [2.75, 3.05) is 16.5 Å². The van der Waals surface area contributed by atoms with Gasteiger partial charge in [0.05, 0.1) is 33.6 Å². The highest BCUT2D eigenvalue weighted by Gasteiger charge is 2.34. The van der Waals surface area contributed by atoms with Crippen LogP contribution in [0.3, 0.4) is 0 Å². The van der Waals surface area contributed by atoms with Crippen LogP contribution >= 0.6 is 0 Å². The molecule has 0 amide bonds. The third-order valence-corrected chi connectivity index (χ3v) is 15.4. The number of nitrogens with zero attached hydrogens (tertiary/aromatic N) is 4. The van der Waals surface area contributed by atoms with E-state index < -0.39 is 5.41 Å². The minimum atomic E-state index is -0.648. The highest BCUT2D eigenvalue weighted by molar-refractivity contribution is 6.09. The Kier molecular flexibility index (Phi) is 12.0. The van der Waals surface area contributed by atoms with E-state index >= 15 is 0 Å². The van der Waals surface area contributed by atoms with Gasteiger partial charge in [0, 0.05) is 45.9 Å². The van der Waals surface area contributed by atoms with Gasteiger partial charge in [0.1, 0.15) is 29.8 Å². The van der Waals surface area contributed by atoms with Crippen LogP contribution in [0.1, 0.15) is 135 Å². The molecule has 11 rings (SSSR count). The molecule has 2 aromatic heterocycles. The van der Waals surface area contributed by atoms with Gasteiger partial charge in [-0.25, -0.2) is 9.37 Å². The van der Waals surface area contributed by atoms with Gasteiger partial charge in [-0.3, -0.25) is 4.57 Å². The van der Waals surface area contributed by atoms with Crippen molar-refractivity contribution in [1.82, 2.24) is 9.55 Å². The van der Waals surface area contributed by atoms with Crippen molar-refractivity contribution < 1.29 is 14.6 Å². The van der Waals surface area contributed by atoms with Crippen LogP contribution in [0.5, 0.6) is 11.5 Å². The fourth-order valence-corrected chi connectivity index (χ4v) is 10.7. The topological polar surface area (TPSA) is 33.5 Å². The van der Waals surface area contributed by atoms with Crippen molar-refractivity contribution in [2.45, 2.75) is 118 Å². The van der Waals surface area contributed by atoms with Crippen molar-refractivity contribution in [3.05, 3.63) is 216 Å². The van der Waals surface area contributed by atoms with Gasteiger partial charge < -0.3 is 14.5 Å². The molecule has 8 aromatic carbocycles. The molecule has 0 fully saturated rings. The maximum atomic E-state index is 15.0. The first-order chi connectivity index (χ1) is 38.8. The normalized spacial score (nSPS) is 13.8. The van der Waals surface area contributed by atoms with E-state index in [-0.39, 0.29) is 58.2 Å². The third-order valence-electron chi connectivity index (χ3n) is 15.4. The Morgan fingerprint density at radius 3 is 1.74 bits per heavy atom. The van der Waals surface area contributed by atoms with Crippen LogP contribution in [0.2, 0.25) is 0 Å². The van der Waals surface area contributed by atoms with Gasteiger partial charge in [-0.15, -0.1) is 0 Å². The Labute approximate surface area is 467 Å². The zero-order chi connectivity index (χ0) is 58.5. The monoisotopic (exact) mass is 1030 g/mol. The van der Waals surface area contributed by atoms with Crippen LogP contribution < -0.4 is 14.5 Å². The predicted octanol–water partition coefficient (Wildman–Crippen LogP) is 20.5. The van der Waals surface area contributed by atoms with Crippen LogP contribution in [0, 0.1) is 5.82 Å². The highest BCUT2D eigenvalue weighted by atomic mass is 19.1. The molecule has 0 atom stereocenters. The standard InChI is InChI=1S/C72H73FN4O/c1-45(2)49-34-50(46(3)4)36-52(35-49)63-40-55(72(11,12)13)39-62(48-24-28-56(73)29-25-48)69(63)76-44-75(65-20-16-17-21-66(65)76)57-37-51(47-22-26-53(27-23-47)70(5,6)7)38-59(42-57)78-58-30-31-61-60-18-14-15-19-64(60)77(67(61)43-58)68-41-54(32-33-74-68)71(8,9)10/h14-43,45-46H,44H2,1-13H3/i22D,23D,26D,27D. The lowest BCUT2D eigenvalue weighted by atomic mass is 9.81. The summed E-state index contributed by atoms with van der Waals surface area (Å²) in [4.78, 5) is 9.53. The molecule has 6 heteroatoms. The molecule has 1 aliphatic rings. The molecule has 78 heavy (non-hydrogen) atoms. The molecule has 0 saturated carbocycles. The second-order valence-corrected chi connectivity index (χ2v) is 24.9. The van der Waals surface area contributed by atoms with Gasteiger partial charge in [0.25, 0.3) is 0 Å². The van der Waals surface area contributed by atoms with E-state index in [4.69, 9.17) is 9.72 Å². The van der Waals surface area contributed by atoms with E-state index in [1.165, 1.54) is 23.3 Å². The first kappa shape index (κ1) is 47.3. The van der Waals surface area contributed by atoms with Crippen LogP contribution in [-0.4, -0.2) is 16.2 Å². The largest absolute Gasteiger partial charge is 0.457 e. The quantitative estimate of drug-likeness (QED) is 0.137. The van der Waals surface area contributed by atoms with E-state index in [9.17, 15) is 9.87 Å². The van der Waals surface area contributed by atoms with E-state index in [2.05, 4.69) is 169 Å². The van der Waals surface area contributed by atoms with Gasteiger partial charge in [-0.1, -0.05) is 175 Å². The van der Waals surface area contributed by atoms with Crippen molar-refractivity contribution in [2.24, 2.45) is 0 Å². The summed E-state index contributed by atoms with van der Waals surface area (Å²) in [5.41, 5.74) is 14.4.